The van der Waals surface area contributed by atoms with E-state index in [0.717, 1.165) is 5.57 Å². The summed E-state index contributed by atoms with van der Waals surface area (Å²) in [7, 11) is 1.75. The van der Waals surface area contributed by atoms with E-state index in [-0.39, 0.29) is 5.91 Å². The Hall–Kier alpha value is -1.52. The second kappa shape index (κ2) is 7.81. The molecule has 0 aliphatic rings. The van der Waals surface area contributed by atoms with Gasteiger partial charge in [-0.05, 0) is 41.0 Å². The lowest BCUT2D eigenvalue weighted by molar-refractivity contribution is -0.124. The first-order valence-electron chi connectivity index (χ1n) is 6.48. The summed E-state index contributed by atoms with van der Waals surface area (Å²) in [6.07, 6.45) is 1.87. The van der Waals surface area contributed by atoms with Crippen LogP contribution in [-0.4, -0.2) is 42.6 Å². The van der Waals surface area contributed by atoms with Crippen LogP contribution in [0.4, 0.5) is 4.79 Å². The maximum atomic E-state index is 11.6. The maximum Gasteiger partial charge on any atom is 0.407 e. The monoisotopic (exact) mass is 270 g/mol. The molecule has 0 saturated heterocycles. The topological polar surface area (TPSA) is 58.6 Å². The SMILES string of the molecule is CC(C)=CC(=O)N(C)CCCNC(=O)OC(C)(C)C. The second-order valence-electron chi connectivity index (χ2n) is 5.76. The minimum Gasteiger partial charge on any atom is -0.444 e. The molecule has 0 atom stereocenters. The summed E-state index contributed by atoms with van der Waals surface area (Å²) in [5.74, 6) is -0.0164. The zero-order chi connectivity index (χ0) is 15.1. The van der Waals surface area contributed by atoms with Crippen LogP contribution in [0, 0.1) is 0 Å². The van der Waals surface area contributed by atoms with Gasteiger partial charge in [0.05, 0.1) is 0 Å². The Bertz CT molecular complexity index is 339. The molecule has 0 unspecified atom stereocenters. The van der Waals surface area contributed by atoms with Crippen LogP contribution in [-0.2, 0) is 9.53 Å². The van der Waals surface area contributed by atoms with E-state index in [4.69, 9.17) is 4.74 Å². The Balaban J connectivity index is 3.84. The van der Waals surface area contributed by atoms with Crippen LogP contribution in [0.3, 0.4) is 0 Å². The highest BCUT2D eigenvalue weighted by molar-refractivity contribution is 5.87. The fourth-order valence-electron chi connectivity index (χ4n) is 1.29. The standard InChI is InChI=1S/C14H26N2O3/c1-11(2)10-12(17)16(6)9-7-8-15-13(18)19-14(3,4)5/h10H,7-9H2,1-6H3,(H,15,18). The highest BCUT2D eigenvalue weighted by atomic mass is 16.6. The van der Waals surface area contributed by atoms with Gasteiger partial charge in [0.25, 0.3) is 0 Å². The number of ether oxygens (including phenoxy) is 1. The third-order valence-electron chi connectivity index (χ3n) is 2.13. The molecule has 0 rings (SSSR count). The number of likely N-dealkylation sites (N-methyl/N-ethyl adjacent to an activating group) is 1. The molecule has 0 fully saturated rings. The molecular weight excluding hydrogens is 244 g/mol. The van der Waals surface area contributed by atoms with Gasteiger partial charge in [0.2, 0.25) is 5.91 Å². The summed E-state index contributed by atoms with van der Waals surface area (Å²) in [5, 5.41) is 2.66. The van der Waals surface area contributed by atoms with Gasteiger partial charge in [-0.2, -0.15) is 0 Å². The van der Waals surface area contributed by atoms with Crippen LogP contribution >= 0.6 is 0 Å². The minimum absolute atomic E-state index is 0.0164. The van der Waals surface area contributed by atoms with Crippen molar-refractivity contribution >= 4 is 12.0 Å². The minimum atomic E-state index is -0.486. The van der Waals surface area contributed by atoms with Gasteiger partial charge in [0.15, 0.2) is 0 Å². The molecule has 0 saturated carbocycles. The van der Waals surface area contributed by atoms with Gasteiger partial charge >= 0.3 is 6.09 Å². The van der Waals surface area contributed by atoms with Gasteiger partial charge in [0.1, 0.15) is 5.60 Å². The summed E-state index contributed by atoms with van der Waals surface area (Å²) >= 11 is 0. The van der Waals surface area contributed by atoms with Crippen LogP contribution in [0.25, 0.3) is 0 Å². The van der Waals surface area contributed by atoms with E-state index in [2.05, 4.69) is 5.32 Å². The molecule has 0 aliphatic heterocycles. The Labute approximate surface area is 116 Å². The van der Waals surface area contributed by atoms with Gasteiger partial charge < -0.3 is 15.0 Å². The number of rotatable bonds is 5. The molecule has 19 heavy (non-hydrogen) atoms. The Morgan fingerprint density at radius 2 is 1.84 bits per heavy atom. The summed E-state index contributed by atoms with van der Waals surface area (Å²) < 4.78 is 5.10. The first-order valence-corrected chi connectivity index (χ1v) is 6.48. The van der Waals surface area contributed by atoms with Crippen molar-refractivity contribution < 1.29 is 14.3 Å². The number of carbonyl (C=O) groups excluding carboxylic acids is 2. The largest absolute Gasteiger partial charge is 0.444 e. The first kappa shape index (κ1) is 17.5. The smallest absolute Gasteiger partial charge is 0.407 e. The first-order chi connectivity index (χ1) is 8.61. The molecule has 0 spiro atoms. The van der Waals surface area contributed by atoms with E-state index in [0.29, 0.717) is 19.5 Å². The molecule has 2 amide bonds. The lowest BCUT2D eigenvalue weighted by Gasteiger charge is -2.20. The number of alkyl carbamates (subject to hydrolysis) is 1. The third-order valence-corrected chi connectivity index (χ3v) is 2.13. The van der Waals surface area contributed by atoms with Crippen molar-refractivity contribution in [1.82, 2.24) is 10.2 Å². The van der Waals surface area contributed by atoms with Crippen molar-refractivity contribution in [3.8, 4) is 0 Å². The van der Waals surface area contributed by atoms with Crippen molar-refractivity contribution in [2.75, 3.05) is 20.1 Å². The molecule has 0 aromatic carbocycles. The highest BCUT2D eigenvalue weighted by Gasteiger charge is 2.15. The fourth-order valence-corrected chi connectivity index (χ4v) is 1.29. The van der Waals surface area contributed by atoms with Crippen molar-refractivity contribution in [2.24, 2.45) is 0 Å². The number of hydrogen-bond acceptors (Lipinski definition) is 3. The second-order valence-corrected chi connectivity index (χ2v) is 5.76. The number of amides is 2. The molecule has 1 N–H and O–H groups in total. The van der Waals surface area contributed by atoms with Gasteiger partial charge in [-0.15, -0.1) is 0 Å². The summed E-state index contributed by atoms with van der Waals surface area (Å²) in [5.41, 5.74) is 0.490. The number of nitrogens with zero attached hydrogens (tertiary/aromatic N) is 1. The molecule has 0 aromatic rings. The Morgan fingerprint density at radius 1 is 1.26 bits per heavy atom. The van der Waals surface area contributed by atoms with Crippen molar-refractivity contribution in [1.29, 1.82) is 0 Å². The average molecular weight is 270 g/mol. The number of allylic oxidation sites excluding steroid dienone is 1. The van der Waals surface area contributed by atoms with E-state index in [1.807, 2.05) is 34.6 Å². The number of carbonyl (C=O) groups is 2. The van der Waals surface area contributed by atoms with Crippen LogP contribution in [0.2, 0.25) is 0 Å². The zero-order valence-corrected chi connectivity index (χ0v) is 12.9. The van der Waals surface area contributed by atoms with Crippen LogP contribution in [0.1, 0.15) is 41.0 Å². The highest BCUT2D eigenvalue weighted by Crippen LogP contribution is 2.06. The van der Waals surface area contributed by atoms with E-state index in [1.54, 1.807) is 18.0 Å². The van der Waals surface area contributed by atoms with Gasteiger partial charge in [-0.1, -0.05) is 5.57 Å². The van der Waals surface area contributed by atoms with Crippen molar-refractivity contribution in [3.63, 3.8) is 0 Å². The van der Waals surface area contributed by atoms with Crippen LogP contribution in [0.5, 0.6) is 0 Å². The number of hydrogen-bond donors (Lipinski definition) is 1. The molecule has 0 bridgehead atoms. The predicted octanol–water partition coefficient (Wildman–Crippen LogP) is 2.33. The van der Waals surface area contributed by atoms with E-state index in [1.165, 1.54) is 0 Å². The molecule has 0 aromatic heterocycles. The maximum absolute atomic E-state index is 11.6. The number of nitrogens with one attached hydrogen (secondary N) is 1. The van der Waals surface area contributed by atoms with E-state index >= 15 is 0 Å². The normalized spacial score (nSPS) is 10.6. The molecule has 0 radical (unpaired) electrons. The summed E-state index contributed by atoms with van der Waals surface area (Å²) in [6, 6.07) is 0. The quantitative estimate of drug-likeness (QED) is 0.616. The summed E-state index contributed by atoms with van der Waals surface area (Å²) in [6.45, 7) is 10.3. The molecular formula is C14H26N2O3. The molecule has 5 nitrogen and oxygen atoms in total. The van der Waals surface area contributed by atoms with Crippen molar-refractivity contribution in [2.45, 2.75) is 46.6 Å². The summed E-state index contributed by atoms with van der Waals surface area (Å²) in [4.78, 5) is 24.6. The predicted molar refractivity (Wildman–Crippen MR) is 75.9 cm³/mol. The zero-order valence-electron chi connectivity index (χ0n) is 12.9. The average Bonchev–Trinajstić information content (AvgIpc) is 2.20. The fraction of sp³-hybridized carbons (Fsp3) is 0.714. The van der Waals surface area contributed by atoms with Crippen molar-refractivity contribution in [3.05, 3.63) is 11.6 Å². The Kier molecular flexibility index (Phi) is 7.19. The van der Waals surface area contributed by atoms with Gasteiger partial charge in [-0.3, -0.25) is 4.79 Å². The van der Waals surface area contributed by atoms with Gasteiger partial charge in [0, 0.05) is 26.2 Å². The Morgan fingerprint density at radius 3 is 2.32 bits per heavy atom. The van der Waals surface area contributed by atoms with E-state index < -0.39 is 11.7 Å². The van der Waals surface area contributed by atoms with Crippen LogP contribution in [0.15, 0.2) is 11.6 Å². The molecule has 110 valence electrons. The van der Waals surface area contributed by atoms with Crippen LogP contribution < -0.4 is 5.32 Å². The lowest BCUT2D eigenvalue weighted by Crippen LogP contribution is -2.34. The molecule has 0 heterocycles. The van der Waals surface area contributed by atoms with Gasteiger partial charge in [-0.25, -0.2) is 4.79 Å². The third kappa shape index (κ3) is 10.1. The molecule has 0 aliphatic carbocycles. The lowest BCUT2D eigenvalue weighted by atomic mass is 10.2. The van der Waals surface area contributed by atoms with E-state index in [9.17, 15) is 9.59 Å². The molecule has 5 heteroatoms.